The summed E-state index contributed by atoms with van der Waals surface area (Å²) in [4.78, 5) is 2.17. The summed E-state index contributed by atoms with van der Waals surface area (Å²) in [7, 11) is 4.15. The van der Waals surface area contributed by atoms with Crippen LogP contribution in [0.25, 0.3) is 0 Å². The highest BCUT2D eigenvalue weighted by Gasteiger charge is 2.25. The first-order valence-corrected chi connectivity index (χ1v) is 7.91. The van der Waals surface area contributed by atoms with Crippen molar-refractivity contribution in [2.75, 3.05) is 20.6 Å². The molecule has 0 saturated heterocycles. The van der Waals surface area contributed by atoms with E-state index in [1.54, 1.807) is 0 Å². The summed E-state index contributed by atoms with van der Waals surface area (Å²) >= 11 is 3.63. The van der Waals surface area contributed by atoms with Crippen LogP contribution in [0.5, 0.6) is 0 Å². The number of halogens is 1. The molecule has 0 amide bonds. The number of hydrogen-bond acceptors (Lipinski definition) is 3. The normalized spacial score (nSPS) is 24.7. The quantitative estimate of drug-likeness (QED) is 0.863. The molecule has 0 spiro atoms. The van der Waals surface area contributed by atoms with Crippen LogP contribution in [0.4, 0.5) is 0 Å². The summed E-state index contributed by atoms with van der Waals surface area (Å²) in [5, 5.41) is 14.5. The third-order valence-electron chi connectivity index (χ3n) is 3.88. The first-order valence-electron chi connectivity index (χ1n) is 7.12. The van der Waals surface area contributed by atoms with Crippen molar-refractivity contribution in [3.63, 3.8) is 0 Å². The van der Waals surface area contributed by atoms with Gasteiger partial charge in [0.2, 0.25) is 0 Å². The lowest BCUT2D eigenvalue weighted by Crippen LogP contribution is -2.21. The fourth-order valence-corrected chi connectivity index (χ4v) is 3.45. The Morgan fingerprint density at radius 3 is 2.89 bits per heavy atom. The van der Waals surface area contributed by atoms with Gasteiger partial charge in [-0.15, -0.1) is 0 Å². The van der Waals surface area contributed by atoms with Gasteiger partial charge >= 0.3 is 0 Å². The molecule has 1 fully saturated rings. The second kappa shape index (κ2) is 6.86. The zero-order valence-corrected chi connectivity index (χ0v) is 13.4. The van der Waals surface area contributed by atoms with E-state index in [2.05, 4.69) is 44.7 Å². The highest BCUT2D eigenvalue weighted by molar-refractivity contribution is 9.10. The molecule has 0 bridgehead atoms. The third-order valence-corrected chi connectivity index (χ3v) is 4.49. The molecule has 19 heavy (non-hydrogen) atoms. The number of aromatic nitrogens is 2. The second-order valence-electron chi connectivity index (χ2n) is 5.78. The van der Waals surface area contributed by atoms with E-state index in [0.717, 1.165) is 43.2 Å². The van der Waals surface area contributed by atoms with E-state index < -0.39 is 0 Å². The van der Waals surface area contributed by atoms with Gasteiger partial charge in [0.25, 0.3) is 0 Å². The minimum absolute atomic E-state index is 0.156. The van der Waals surface area contributed by atoms with Crippen molar-refractivity contribution in [1.82, 2.24) is 14.7 Å². The lowest BCUT2D eigenvalue weighted by molar-refractivity contribution is 0.150. The molecule has 0 radical (unpaired) electrons. The zero-order chi connectivity index (χ0) is 13.8. The predicted molar refractivity (Wildman–Crippen MR) is 80.3 cm³/mol. The van der Waals surface area contributed by atoms with Gasteiger partial charge in [-0.1, -0.05) is 12.8 Å². The van der Waals surface area contributed by atoms with Gasteiger partial charge < -0.3 is 10.0 Å². The molecule has 2 atom stereocenters. The van der Waals surface area contributed by atoms with E-state index in [1.807, 2.05) is 6.20 Å². The molecule has 108 valence electrons. The zero-order valence-electron chi connectivity index (χ0n) is 11.8. The third kappa shape index (κ3) is 4.04. The van der Waals surface area contributed by atoms with E-state index in [4.69, 9.17) is 0 Å². The fourth-order valence-electron chi connectivity index (χ4n) is 2.83. The van der Waals surface area contributed by atoms with E-state index in [1.165, 1.54) is 12.1 Å². The molecule has 5 heteroatoms. The Morgan fingerprint density at radius 1 is 1.42 bits per heavy atom. The number of aliphatic hydroxyl groups is 1. The number of nitrogens with zero attached hydrogens (tertiary/aromatic N) is 3. The molecular formula is C14H24BrN3O. The number of rotatable bonds is 4. The first kappa shape index (κ1) is 15.0. The average molecular weight is 330 g/mol. The minimum Gasteiger partial charge on any atom is -0.393 e. The summed E-state index contributed by atoms with van der Waals surface area (Å²) < 4.78 is 3.19. The molecule has 2 unspecified atom stereocenters. The van der Waals surface area contributed by atoms with Crippen LogP contribution in [0, 0.1) is 0 Å². The van der Waals surface area contributed by atoms with Crippen LogP contribution in [0.15, 0.2) is 10.7 Å². The molecule has 2 rings (SSSR count). The Bertz CT molecular complexity index is 405. The van der Waals surface area contributed by atoms with Crippen molar-refractivity contribution in [2.45, 2.75) is 50.7 Å². The number of aliphatic hydroxyl groups excluding tert-OH is 1. The van der Waals surface area contributed by atoms with Crippen molar-refractivity contribution in [3.05, 3.63) is 16.4 Å². The summed E-state index contributed by atoms with van der Waals surface area (Å²) in [5.41, 5.74) is 1.27. The highest BCUT2D eigenvalue weighted by Crippen LogP contribution is 2.35. The molecule has 1 aromatic rings. The molecule has 1 heterocycles. The maximum atomic E-state index is 10.0. The lowest BCUT2D eigenvalue weighted by Gasteiger charge is -2.20. The van der Waals surface area contributed by atoms with Gasteiger partial charge in [-0.3, -0.25) is 4.68 Å². The van der Waals surface area contributed by atoms with Gasteiger partial charge in [0.15, 0.2) is 0 Å². The van der Waals surface area contributed by atoms with Crippen LogP contribution in [-0.4, -0.2) is 46.5 Å². The van der Waals surface area contributed by atoms with Gasteiger partial charge in [-0.25, -0.2) is 0 Å². The van der Waals surface area contributed by atoms with Crippen molar-refractivity contribution in [3.8, 4) is 0 Å². The van der Waals surface area contributed by atoms with Crippen LogP contribution >= 0.6 is 15.9 Å². The van der Waals surface area contributed by atoms with Crippen molar-refractivity contribution in [1.29, 1.82) is 0 Å². The molecule has 1 aromatic heterocycles. The largest absolute Gasteiger partial charge is 0.393 e. The van der Waals surface area contributed by atoms with E-state index in [9.17, 15) is 5.11 Å². The van der Waals surface area contributed by atoms with Gasteiger partial charge in [0.1, 0.15) is 0 Å². The lowest BCUT2D eigenvalue weighted by atomic mass is 9.95. The molecule has 1 aliphatic rings. The maximum Gasteiger partial charge on any atom is 0.0635 e. The van der Waals surface area contributed by atoms with Gasteiger partial charge in [0, 0.05) is 12.5 Å². The molecule has 1 aliphatic carbocycles. The van der Waals surface area contributed by atoms with Crippen LogP contribution in [0.1, 0.15) is 43.7 Å². The molecule has 1 N–H and O–H groups in total. The van der Waals surface area contributed by atoms with Crippen LogP contribution in [0.3, 0.4) is 0 Å². The molecule has 4 nitrogen and oxygen atoms in total. The van der Waals surface area contributed by atoms with Crippen LogP contribution < -0.4 is 0 Å². The Labute approximate surface area is 123 Å². The Morgan fingerprint density at radius 2 is 2.16 bits per heavy atom. The predicted octanol–water partition coefficient (Wildman–Crippen LogP) is 2.62. The number of likely N-dealkylation sites (N-methyl/N-ethyl adjacent to an activating group) is 1. The molecule has 0 aliphatic heterocycles. The standard InChI is InChI=1S/C14H24BrN3O/c1-17(2)7-8-18-14(13(15)10-16-18)11-5-3-4-6-12(19)9-11/h10-12,19H,3-9H2,1-2H3. The molecular weight excluding hydrogens is 306 g/mol. The summed E-state index contributed by atoms with van der Waals surface area (Å²) in [6.07, 6.45) is 7.04. The Kier molecular flexibility index (Phi) is 5.42. The molecule has 0 aromatic carbocycles. The van der Waals surface area contributed by atoms with Gasteiger partial charge in [0.05, 0.1) is 29.0 Å². The van der Waals surface area contributed by atoms with E-state index in [0.29, 0.717) is 5.92 Å². The highest BCUT2D eigenvalue weighted by atomic mass is 79.9. The van der Waals surface area contributed by atoms with E-state index in [-0.39, 0.29) is 6.10 Å². The fraction of sp³-hybridized carbons (Fsp3) is 0.786. The van der Waals surface area contributed by atoms with Crippen molar-refractivity contribution >= 4 is 15.9 Å². The van der Waals surface area contributed by atoms with Crippen molar-refractivity contribution < 1.29 is 5.11 Å². The SMILES string of the molecule is CN(C)CCn1ncc(Br)c1C1CCCCC(O)C1. The minimum atomic E-state index is -0.156. The van der Waals surface area contributed by atoms with Gasteiger partial charge in [-0.2, -0.15) is 5.10 Å². The molecule has 1 saturated carbocycles. The Hall–Kier alpha value is -0.390. The monoisotopic (exact) mass is 329 g/mol. The Balaban J connectivity index is 2.14. The summed E-state index contributed by atoms with van der Waals surface area (Å²) in [6.45, 7) is 1.89. The smallest absolute Gasteiger partial charge is 0.0635 e. The van der Waals surface area contributed by atoms with Gasteiger partial charge in [-0.05, 0) is 49.3 Å². The van der Waals surface area contributed by atoms with Crippen LogP contribution in [0.2, 0.25) is 0 Å². The first-order chi connectivity index (χ1) is 9.08. The number of hydrogen-bond donors (Lipinski definition) is 1. The maximum absolute atomic E-state index is 10.0. The second-order valence-corrected chi connectivity index (χ2v) is 6.63. The van der Waals surface area contributed by atoms with E-state index >= 15 is 0 Å². The topological polar surface area (TPSA) is 41.3 Å². The van der Waals surface area contributed by atoms with Crippen LogP contribution in [-0.2, 0) is 6.54 Å². The summed E-state index contributed by atoms with van der Waals surface area (Å²) in [6, 6.07) is 0. The summed E-state index contributed by atoms with van der Waals surface area (Å²) in [5.74, 6) is 0.427. The van der Waals surface area contributed by atoms with Crippen molar-refractivity contribution in [2.24, 2.45) is 0 Å². The average Bonchev–Trinajstić information content (AvgIpc) is 2.58.